The molecular formula is C14H23N3O4. The van der Waals surface area contributed by atoms with Crippen LogP contribution in [0.15, 0.2) is 4.99 Å². The van der Waals surface area contributed by atoms with Gasteiger partial charge in [-0.1, -0.05) is 6.92 Å². The molecule has 3 N–H and O–H groups in total. The summed E-state index contributed by atoms with van der Waals surface area (Å²) in [6.07, 6.45) is 4.23. The molecule has 1 aliphatic heterocycles. The van der Waals surface area contributed by atoms with Gasteiger partial charge in [0.05, 0.1) is 0 Å². The first-order chi connectivity index (χ1) is 9.91. The number of aliphatic imine (C=N–C) groups is 1. The van der Waals surface area contributed by atoms with Gasteiger partial charge in [0.2, 0.25) is 11.8 Å². The van der Waals surface area contributed by atoms with Crippen molar-refractivity contribution in [2.45, 2.75) is 51.6 Å². The number of carboxylic acid groups (broad SMARTS) is 1. The Balaban J connectivity index is 2.18. The third-order valence-corrected chi connectivity index (χ3v) is 3.45. The van der Waals surface area contributed by atoms with Gasteiger partial charge in [0.1, 0.15) is 12.1 Å². The number of carboxylic acids is 1. The van der Waals surface area contributed by atoms with E-state index in [-0.39, 0.29) is 23.8 Å². The lowest BCUT2D eigenvalue weighted by Crippen LogP contribution is -2.39. The molecule has 1 rings (SSSR count). The van der Waals surface area contributed by atoms with E-state index in [1.165, 1.54) is 6.92 Å². The number of rotatable bonds is 8. The second kappa shape index (κ2) is 8.39. The highest BCUT2D eigenvalue weighted by Gasteiger charge is 2.26. The van der Waals surface area contributed by atoms with Gasteiger partial charge < -0.3 is 15.7 Å². The molecule has 0 radical (unpaired) electrons. The van der Waals surface area contributed by atoms with Crippen LogP contribution in [0.25, 0.3) is 0 Å². The molecule has 0 aromatic heterocycles. The van der Waals surface area contributed by atoms with Crippen molar-refractivity contribution in [1.82, 2.24) is 10.6 Å². The van der Waals surface area contributed by atoms with E-state index in [0.717, 1.165) is 6.42 Å². The molecule has 0 aromatic carbocycles. The first kappa shape index (κ1) is 17.1. The van der Waals surface area contributed by atoms with Crippen molar-refractivity contribution < 1.29 is 19.5 Å². The third kappa shape index (κ3) is 5.93. The quantitative estimate of drug-likeness (QED) is 0.561. The lowest BCUT2D eigenvalue weighted by molar-refractivity contribution is -0.141. The molecule has 0 aliphatic carbocycles. The van der Waals surface area contributed by atoms with Crippen LogP contribution in [0.2, 0.25) is 0 Å². The average molecular weight is 297 g/mol. The van der Waals surface area contributed by atoms with E-state index in [4.69, 9.17) is 5.11 Å². The zero-order valence-corrected chi connectivity index (χ0v) is 12.5. The van der Waals surface area contributed by atoms with Crippen molar-refractivity contribution >= 4 is 24.0 Å². The summed E-state index contributed by atoms with van der Waals surface area (Å²) in [6.45, 7) is 3.77. The van der Waals surface area contributed by atoms with Gasteiger partial charge in [-0.3, -0.25) is 14.6 Å². The summed E-state index contributed by atoms with van der Waals surface area (Å²) in [5.74, 6) is -1.24. The SMILES string of the molecule is CC(=O)N[C@@H](CCCCNC(=O)[C@@H]1N=CC[C@H]1C)C(=O)O. The molecule has 0 unspecified atom stereocenters. The van der Waals surface area contributed by atoms with Crippen LogP contribution in [0.3, 0.4) is 0 Å². The van der Waals surface area contributed by atoms with Crippen molar-refractivity contribution in [2.75, 3.05) is 6.54 Å². The molecule has 7 nitrogen and oxygen atoms in total. The van der Waals surface area contributed by atoms with Gasteiger partial charge in [0.15, 0.2) is 0 Å². The summed E-state index contributed by atoms with van der Waals surface area (Å²) in [5.41, 5.74) is 0. The predicted molar refractivity (Wildman–Crippen MR) is 78.2 cm³/mol. The molecule has 7 heteroatoms. The molecule has 0 spiro atoms. The smallest absolute Gasteiger partial charge is 0.326 e. The Morgan fingerprint density at radius 2 is 2.10 bits per heavy atom. The lowest BCUT2D eigenvalue weighted by Gasteiger charge is -2.15. The summed E-state index contributed by atoms with van der Waals surface area (Å²) >= 11 is 0. The van der Waals surface area contributed by atoms with Crippen molar-refractivity contribution in [1.29, 1.82) is 0 Å². The van der Waals surface area contributed by atoms with Gasteiger partial charge in [-0.2, -0.15) is 0 Å². The van der Waals surface area contributed by atoms with E-state index < -0.39 is 12.0 Å². The van der Waals surface area contributed by atoms with Crippen LogP contribution in [0.5, 0.6) is 0 Å². The number of unbranched alkanes of at least 4 members (excludes halogenated alkanes) is 1. The van der Waals surface area contributed by atoms with Crippen LogP contribution in [-0.2, 0) is 14.4 Å². The standard InChI is InChI=1S/C14H23N3O4/c1-9-6-8-15-12(9)13(19)16-7-4-3-5-11(14(20)21)17-10(2)18/h8-9,11-12H,3-7H2,1-2H3,(H,16,19)(H,17,18)(H,20,21)/t9-,11+,12-/m1/s1. The lowest BCUT2D eigenvalue weighted by atomic mass is 10.0. The largest absolute Gasteiger partial charge is 0.480 e. The highest BCUT2D eigenvalue weighted by atomic mass is 16.4. The molecular weight excluding hydrogens is 274 g/mol. The number of hydrogen-bond donors (Lipinski definition) is 3. The molecule has 0 fully saturated rings. The Kier molecular flexibility index (Phi) is 6.84. The Morgan fingerprint density at radius 3 is 2.62 bits per heavy atom. The molecule has 0 saturated carbocycles. The number of nitrogens with zero attached hydrogens (tertiary/aromatic N) is 1. The van der Waals surface area contributed by atoms with Crippen LogP contribution in [-0.4, -0.2) is 47.7 Å². The van der Waals surface area contributed by atoms with E-state index in [0.29, 0.717) is 25.8 Å². The summed E-state index contributed by atoms with van der Waals surface area (Å²) in [7, 11) is 0. The van der Waals surface area contributed by atoms with Gasteiger partial charge in [-0.15, -0.1) is 0 Å². The van der Waals surface area contributed by atoms with Gasteiger partial charge in [-0.25, -0.2) is 4.79 Å². The Hall–Kier alpha value is -1.92. The molecule has 3 atom stereocenters. The molecule has 118 valence electrons. The van der Waals surface area contributed by atoms with Crippen LogP contribution < -0.4 is 10.6 Å². The fourth-order valence-electron chi connectivity index (χ4n) is 2.23. The zero-order chi connectivity index (χ0) is 15.8. The van der Waals surface area contributed by atoms with Crippen LogP contribution in [0, 0.1) is 5.92 Å². The van der Waals surface area contributed by atoms with Crippen LogP contribution in [0.4, 0.5) is 0 Å². The van der Waals surface area contributed by atoms with E-state index in [2.05, 4.69) is 15.6 Å². The molecule has 1 heterocycles. The fourth-order valence-corrected chi connectivity index (χ4v) is 2.23. The van der Waals surface area contributed by atoms with Gasteiger partial charge in [0, 0.05) is 19.7 Å². The minimum atomic E-state index is -1.04. The van der Waals surface area contributed by atoms with Gasteiger partial charge in [-0.05, 0) is 31.6 Å². The molecule has 0 saturated heterocycles. The number of aliphatic carboxylic acids is 1. The number of hydrogen-bond acceptors (Lipinski definition) is 4. The number of amides is 2. The monoisotopic (exact) mass is 297 g/mol. The van der Waals surface area contributed by atoms with Crippen LogP contribution in [0.1, 0.15) is 39.5 Å². The maximum Gasteiger partial charge on any atom is 0.326 e. The Morgan fingerprint density at radius 1 is 1.38 bits per heavy atom. The topological polar surface area (TPSA) is 108 Å². The van der Waals surface area contributed by atoms with E-state index in [9.17, 15) is 14.4 Å². The van der Waals surface area contributed by atoms with Gasteiger partial charge >= 0.3 is 5.97 Å². The van der Waals surface area contributed by atoms with Crippen molar-refractivity contribution in [3.63, 3.8) is 0 Å². The van der Waals surface area contributed by atoms with Crippen molar-refractivity contribution in [3.8, 4) is 0 Å². The van der Waals surface area contributed by atoms with E-state index in [1.807, 2.05) is 6.92 Å². The minimum absolute atomic E-state index is 0.0760. The average Bonchev–Trinajstić information content (AvgIpc) is 2.82. The van der Waals surface area contributed by atoms with Crippen molar-refractivity contribution in [2.24, 2.45) is 10.9 Å². The highest BCUT2D eigenvalue weighted by Crippen LogP contribution is 2.16. The maximum absolute atomic E-state index is 11.8. The molecule has 21 heavy (non-hydrogen) atoms. The molecule has 2 amide bonds. The third-order valence-electron chi connectivity index (χ3n) is 3.45. The van der Waals surface area contributed by atoms with E-state index in [1.54, 1.807) is 6.21 Å². The fraction of sp³-hybridized carbons (Fsp3) is 0.714. The second-order valence-electron chi connectivity index (χ2n) is 5.37. The summed E-state index contributed by atoms with van der Waals surface area (Å²) in [5, 5.41) is 14.1. The maximum atomic E-state index is 11.8. The van der Waals surface area contributed by atoms with Gasteiger partial charge in [0.25, 0.3) is 0 Å². The number of carbonyl (C=O) groups excluding carboxylic acids is 2. The first-order valence-electron chi connectivity index (χ1n) is 7.21. The normalized spacial score (nSPS) is 21.8. The highest BCUT2D eigenvalue weighted by molar-refractivity contribution is 5.85. The number of nitrogens with one attached hydrogen (secondary N) is 2. The summed E-state index contributed by atoms with van der Waals surface area (Å²) in [6, 6.07) is -1.16. The first-order valence-corrected chi connectivity index (χ1v) is 7.21. The Bertz CT molecular complexity index is 422. The Labute approximate surface area is 124 Å². The van der Waals surface area contributed by atoms with E-state index >= 15 is 0 Å². The van der Waals surface area contributed by atoms with Crippen LogP contribution >= 0.6 is 0 Å². The van der Waals surface area contributed by atoms with Crippen molar-refractivity contribution in [3.05, 3.63) is 0 Å². The minimum Gasteiger partial charge on any atom is -0.480 e. The summed E-state index contributed by atoms with van der Waals surface area (Å²) < 4.78 is 0. The molecule has 0 bridgehead atoms. The zero-order valence-electron chi connectivity index (χ0n) is 12.5. The second-order valence-corrected chi connectivity index (χ2v) is 5.37. The summed E-state index contributed by atoms with van der Waals surface area (Å²) in [4.78, 5) is 37.8. The molecule has 0 aromatic rings. The number of carbonyl (C=O) groups is 3. The predicted octanol–water partition coefficient (Wildman–Crippen LogP) is 0.341. The molecule has 1 aliphatic rings.